The molecule has 0 saturated carbocycles. The van der Waals surface area contributed by atoms with Crippen molar-refractivity contribution in [3.05, 3.63) is 29.3 Å². The van der Waals surface area contributed by atoms with E-state index in [-0.39, 0.29) is 6.23 Å². The minimum atomic E-state index is -0.281. The summed E-state index contributed by atoms with van der Waals surface area (Å²) < 4.78 is 5.41. The Hall–Kier alpha value is -1.06. The molecule has 3 heteroatoms. The first kappa shape index (κ1) is 15.8. The average Bonchev–Trinajstić information content (AvgIpc) is 2.97. The molecule has 0 spiro atoms. The normalized spacial score (nSPS) is 24.5. The third kappa shape index (κ3) is 3.02. The molecule has 2 aliphatic rings. The molecule has 1 aromatic rings. The van der Waals surface area contributed by atoms with E-state index in [0.717, 1.165) is 24.8 Å². The Morgan fingerprint density at radius 3 is 2.55 bits per heavy atom. The van der Waals surface area contributed by atoms with Crippen LogP contribution in [0.2, 0.25) is 0 Å². The lowest BCUT2D eigenvalue weighted by molar-refractivity contribution is -0.0480. The topological polar surface area (TPSA) is 32.7 Å². The highest BCUT2D eigenvalue weighted by Crippen LogP contribution is 2.43. The van der Waals surface area contributed by atoms with Crippen LogP contribution in [0.5, 0.6) is 5.75 Å². The summed E-state index contributed by atoms with van der Waals surface area (Å²) in [5, 5.41) is 10.2. The Labute approximate surface area is 134 Å². The molecule has 1 heterocycles. The lowest BCUT2D eigenvalue weighted by atomic mass is 9.80. The lowest BCUT2D eigenvalue weighted by Gasteiger charge is -2.38. The summed E-state index contributed by atoms with van der Waals surface area (Å²) in [4.78, 5) is 2.25. The number of ether oxygens (including phenoxy) is 1. The van der Waals surface area contributed by atoms with Gasteiger partial charge in [0.15, 0.2) is 0 Å². The van der Waals surface area contributed by atoms with Gasteiger partial charge in [-0.2, -0.15) is 0 Å². The Morgan fingerprint density at radius 2 is 1.91 bits per heavy atom. The van der Waals surface area contributed by atoms with Gasteiger partial charge in [0.05, 0.1) is 7.11 Å². The molecule has 122 valence electrons. The fourth-order valence-corrected chi connectivity index (χ4v) is 4.24. The molecular formula is C19H29NO2. The largest absolute Gasteiger partial charge is 0.497 e. The van der Waals surface area contributed by atoms with Crippen molar-refractivity contribution in [2.75, 3.05) is 20.2 Å². The number of aryl methyl sites for hydroxylation is 1. The van der Waals surface area contributed by atoms with Crippen LogP contribution < -0.4 is 4.74 Å². The zero-order valence-corrected chi connectivity index (χ0v) is 14.1. The minimum Gasteiger partial charge on any atom is -0.497 e. The van der Waals surface area contributed by atoms with Crippen molar-refractivity contribution in [2.45, 2.75) is 51.7 Å². The van der Waals surface area contributed by atoms with Crippen LogP contribution in [0.15, 0.2) is 18.2 Å². The molecular weight excluding hydrogens is 274 g/mol. The molecule has 2 atom stereocenters. The third-order valence-electron chi connectivity index (χ3n) is 5.59. The highest BCUT2D eigenvalue weighted by Gasteiger charge is 2.34. The van der Waals surface area contributed by atoms with Gasteiger partial charge in [0.2, 0.25) is 0 Å². The van der Waals surface area contributed by atoms with Crippen molar-refractivity contribution in [1.29, 1.82) is 0 Å². The number of likely N-dealkylation sites (tertiary alicyclic amines) is 1. The minimum absolute atomic E-state index is 0.281. The first-order chi connectivity index (χ1) is 10.6. The number of hydrogen-bond donors (Lipinski definition) is 1. The Balaban J connectivity index is 1.66. The van der Waals surface area contributed by atoms with E-state index in [1.165, 1.54) is 36.8 Å². The molecule has 1 aliphatic carbocycles. The van der Waals surface area contributed by atoms with Gasteiger partial charge in [-0.1, -0.05) is 19.9 Å². The smallest absolute Gasteiger partial charge is 0.119 e. The van der Waals surface area contributed by atoms with Crippen LogP contribution in [-0.4, -0.2) is 36.4 Å². The van der Waals surface area contributed by atoms with Crippen LogP contribution in [0.3, 0.4) is 0 Å². The monoisotopic (exact) mass is 303 g/mol. The molecule has 1 aromatic carbocycles. The number of aliphatic hydroxyl groups excluding tert-OH is 1. The van der Waals surface area contributed by atoms with Crippen LogP contribution in [0.4, 0.5) is 0 Å². The molecule has 22 heavy (non-hydrogen) atoms. The van der Waals surface area contributed by atoms with Crippen LogP contribution >= 0.6 is 0 Å². The van der Waals surface area contributed by atoms with Crippen molar-refractivity contribution in [2.24, 2.45) is 11.8 Å². The maximum atomic E-state index is 10.2. The van der Waals surface area contributed by atoms with E-state index in [1.807, 2.05) is 0 Å². The Bertz CT molecular complexity index is 506. The SMILES string of the molecule is COc1ccc2c(c1)C(C1CCN(C(O)C(C)C)CC1)CC2. The summed E-state index contributed by atoms with van der Waals surface area (Å²) in [7, 11) is 1.75. The van der Waals surface area contributed by atoms with E-state index >= 15 is 0 Å². The first-order valence-electron chi connectivity index (χ1n) is 8.69. The zero-order chi connectivity index (χ0) is 15.7. The highest BCUT2D eigenvalue weighted by atomic mass is 16.5. The highest BCUT2D eigenvalue weighted by molar-refractivity contribution is 5.41. The van der Waals surface area contributed by atoms with Crippen molar-refractivity contribution < 1.29 is 9.84 Å². The maximum absolute atomic E-state index is 10.2. The number of aliphatic hydroxyl groups is 1. The van der Waals surface area contributed by atoms with Gasteiger partial charge in [-0.3, -0.25) is 4.90 Å². The van der Waals surface area contributed by atoms with Gasteiger partial charge in [0.1, 0.15) is 12.0 Å². The van der Waals surface area contributed by atoms with E-state index in [4.69, 9.17) is 4.74 Å². The van der Waals surface area contributed by atoms with E-state index in [0.29, 0.717) is 11.8 Å². The molecule has 0 radical (unpaired) electrons. The molecule has 0 amide bonds. The number of piperidine rings is 1. The van der Waals surface area contributed by atoms with Gasteiger partial charge < -0.3 is 9.84 Å². The maximum Gasteiger partial charge on any atom is 0.119 e. The van der Waals surface area contributed by atoms with Crippen LogP contribution in [0.25, 0.3) is 0 Å². The van der Waals surface area contributed by atoms with Crippen LogP contribution in [0, 0.1) is 11.8 Å². The lowest BCUT2D eigenvalue weighted by Crippen LogP contribution is -2.44. The summed E-state index contributed by atoms with van der Waals surface area (Å²) in [5.74, 6) is 2.73. The van der Waals surface area contributed by atoms with Gasteiger partial charge >= 0.3 is 0 Å². The second-order valence-electron chi connectivity index (χ2n) is 7.24. The second kappa shape index (κ2) is 6.59. The van der Waals surface area contributed by atoms with Gasteiger partial charge in [0, 0.05) is 13.1 Å². The fraction of sp³-hybridized carbons (Fsp3) is 0.684. The number of benzene rings is 1. The molecule has 1 fully saturated rings. The van der Waals surface area contributed by atoms with Gasteiger partial charge in [-0.25, -0.2) is 0 Å². The van der Waals surface area contributed by atoms with E-state index < -0.39 is 0 Å². The molecule has 3 rings (SSSR count). The molecule has 0 aromatic heterocycles. The number of fused-ring (bicyclic) bond motifs is 1. The number of methoxy groups -OCH3 is 1. The van der Waals surface area contributed by atoms with E-state index in [1.54, 1.807) is 7.11 Å². The van der Waals surface area contributed by atoms with Crippen molar-refractivity contribution in [3.63, 3.8) is 0 Å². The molecule has 1 aliphatic heterocycles. The Morgan fingerprint density at radius 1 is 1.18 bits per heavy atom. The number of nitrogens with zero attached hydrogens (tertiary/aromatic N) is 1. The average molecular weight is 303 g/mol. The second-order valence-corrected chi connectivity index (χ2v) is 7.24. The number of rotatable bonds is 4. The quantitative estimate of drug-likeness (QED) is 0.925. The molecule has 1 N–H and O–H groups in total. The Kier molecular flexibility index (Phi) is 4.74. The molecule has 3 nitrogen and oxygen atoms in total. The molecule has 0 bridgehead atoms. The van der Waals surface area contributed by atoms with Gasteiger partial charge in [0.25, 0.3) is 0 Å². The first-order valence-corrected chi connectivity index (χ1v) is 8.69. The van der Waals surface area contributed by atoms with Crippen LogP contribution in [-0.2, 0) is 6.42 Å². The standard InChI is InChI=1S/C19H29NO2/c1-13(2)19(21)20-10-8-15(9-11-20)17-7-5-14-4-6-16(22-3)12-18(14)17/h4,6,12-13,15,17,19,21H,5,7-11H2,1-3H3. The fourth-order valence-electron chi connectivity index (χ4n) is 4.24. The zero-order valence-electron chi connectivity index (χ0n) is 14.1. The predicted octanol–water partition coefficient (Wildman–Crippen LogP) is 3.41. The summed E-state index contributed by atoms with van der Waals surface area (Å²) in [6.45, 7) is 6.24. The summed E-state index contributed by atoms with van der Waals surface area (Å²) in [6.07, 6.45) is 4.60. The number of hydrogen-bond acceptors (Lipinski definition) is 3. The molecule has 1 saturated heterocycles. The third-order valence-corrected chi connectivity index (χ3v) is 5.59. The van der Waals surface area contributed by atoms with Crippen molar-refractivity contribution in [1.82, 2.24) is 4.90 Å². The van der Waals surface area contributed by atoms with Crippen molar-refractivity contribution in [3.8, 4) is 5.75 Å². The predicted molar refractivity (Wildman–Crippen MR) is 89.2 cm³/mol. The van der Waals surface area contributed by atoms with Gasteiger partial charge in [-0.15, -0.1) is 0 Å². The van der Waals surface area contributed by atoms with Crippen molar-refractivity contribution >= 4 is 0 Å². The molecule has 2 unspecified atom stereocenters. The van der Waals surface area contributed by atoms with Gasteiger partial charge in [-0.05, 0) is 66.7 Å². The van der Waals surface area contributed by atoms with E-state index in [2.05, 4.69) is 36.9 Å². The van der Waals surface area contributed by atoms with E-state index in [9.17, 15) is 5.11 Å². The summed E-state index contributed by atoms with van der Waals surface area (Å²) in [6, 6.07) is 6.58. The van der Waals surface area contributed by atoms with Crippen LogP contribution in [0.1, 0.15) is 50.2 Å². The summed E-state index contributed by atoms with van der Waals surface area (Å²) in [5.41, 5.74) is 3.03. The summed E-state index contributed by atoms with van der Waals surface area (Å²) >= 11 is 0.